The van der Waals surface area contributed by atoms with Gasteiger partial charge in [-0.2, -0.15) is 0 Å². The van der Waals surface area contributed by atoms with Crippen molar-refractivity contribution in [1.82, 2.24) is 9.80 Å². The monoisotopic (exact) mass is 382 g/mol. The molecule has 0 spiro atoms. The Morgan fingerprint density at radius 2 is 1.86 bits per heavy atom. The molecule has 4 nitrogen and oxygen atoms in total. The minimum absolute atomic E-state index is 0.00345. The molecule has 2 aliphatic rings. The van der Waals surface area contributed by atoms with Gasteiger partial charge in [0.2, 0.25) is 11.8 Å². The maximum Gasteiger partial charge on any atom is 0.242 e. The van der Waals surface area contributed by atoms with Crippen molar-refractivity contribution < 1.29 is 9.59 Å². The van der Waals surface area contributed by atoms with Gasteiger partial charge in [0.1, 0.15) is 0 Å². The first kappa shape index (κ1) is 20.6. The molecule has 1 aromatic carbocycles. The van der Waals surface area contributed by atoms with Crippen molar-refractivity contribution in [3.8, 4) is 0 Å². The Kier molecular flexibility index (Phi) is 7.70. The van der Waals surface area contributed by atoms with E-state index in [-0.39, 0.29) is 18.4 Å². The van der Waals surface area contributed by atoms with Crippen LogP contribution in [0.1, 0.15) is 57.4 Å². The van der Waals surface area contributed by atoms with Crippen molar-refractivity contribution in [3.05, 3.63) is 47.5 Å². The number of hydrogen-bond acceptors (Lipinski definition) is 2. The Bertz CT molecular complexity index is 675. The van der Waals surface area contributed by atoms with E-state index in [0.29, 0.717) is 12.5 Å². The van der Waals surface area contributed by atoms with Gasteiger partial charge in [-0.15, -0.1) is 0 Å². The van der Waals surface area contributed by atoms with Crippen LogP contribution in [0.4, 0.5) is 0 Å². The molecule has 0 aromatic heterocycles. The number of nitrogens with zero attached hydrogens (tertiary/aromatic N) is 2. The number of amides is 2. The predicted molar refractivity (Wildman–Crippen MR) is 113 cm³/mol. The van der Waals surface area contributed by atoms with E-state index in [1.54, 1.807) is 11.8 Å². The van der Waals surface area contributed by atoms with E-state index >= 15 is 0 Å². The lowest BCUT2D eigenvalue weighted by Gasteiger charge is -2.33. The van der Waals surface area contributed by atoms with Gasteiger partial charge in [-0.1, -0.05) is 42.0 Å². The quantitative estimate of drug-likeness (QED) is 0.663. The molecular weight excluding hydrogens is 348 g/mol. The summed E-state index contributed by atoms with van der Waals surface area (Å²) in [6.07, 6.45) is 11.3. The lowest BCUT2D eigenvalue weighted by molar-refractivity contribution is -0.140. The summed E-state index contributed by atoms with van der Waals surface area (Å²) in [5.41, 5.74) is 2.83. The van der Waals surface area contributed by atoms with Crippen LogP contribution in [-0.2, 0) is 16.0 Å². The summed E-state index contributed by atoms with van der Waals surface area (Å²) < 4.78 is 0. The number of carbonyl (C=O) groups excluding carboxylic acids is 2. The van der Waals surface area contributed by atoms with Gasteiger partial charge in [0.15, 0.2) is 0 Å². The largest absolute Gasteiger partial charge is 0.341 e. The van der Waals surface area contributed by atoms with E-state index < -0.39 is 0 Å². The van der Waals surface area contributed by atoms with Crippen molar-refractivity contribution in [1.29, 1.82) is 0 Å². The third-order valence-electron chi connectivity index (χ3n) is 6.19. The van der Waals surface area contributed by atoms with E-state index in [9.17, 15) is 9.59 Å². The van der Waals surface area contributed by atoms with E-state index in [2.05, 4.69) is 36.4 Å². The summed E-state index contributed by atoms with van der Waals surface area (Å²) in [6, 6.07) is 10.6. The molecule has 1 fully saturated rings. The second kappa shape index (κ2) is 10.4. The third kappa shape index (κ3) is 6.22. The van der Waals surface area contributed by atoms with E-state index in [1.807, 2.05) is 4.90 Å². The Morgan fingerprint density at radius 1 is 1.11 bits per heavy atom. The van der Waals surface area contributed by atoms with Crippen LogP contribution in [0.5, 0.6) is 0 Å². The molecule has 1 aliphatic heterocycles. The molecule has 0 bridgehead atoms. The van der Waals surface area contributed by atoms with Gasteiger partial charge in [0.05, 0.1) is 6.54 Å². The van der Waals surface area contributed by atoms with Crippen LogP contribution < -0.4 is 0 Å². The van der Waals surface area contributed by atoms with Crippen LogP contribution in [0.15, 0.2) is 42.0 Å². The number of piperidine rings is 1. The molecule has 0 saturated carbocycles. The number of carbonyl (C=O) groups is 2. The molecule has 28 heavy (non-hydrogen) atoms. The smallest absolute Gasteiger partial charge is 0.242 e. The SMILES string of the molecule is CC(=O)N(CCC1=CCCCC1)CC(=O)N1CCC(Cc2ccccc2)CC1. The lowest BCUT2D eigenvalue weighted by Crippen LogP contribution is -2.45. The normalized spacial score (nSPS) is 17.9. The summed E-state index contributed by atoms with van der Waals surface area (Å²) in [4.78, 5) is 28.5. The van der Waals surface area contributed by atoms with Crippen LogP contribution in [0.25, 0.3) is 0 Å². The highest BCUT2D eigenvalue weighted by Gasteiger charge is 2.25. The van der Waals surface area contributed by atoms with Crippen molar-refractivity contribution in [2.75, 3.05) is 26.2 Å². The van der Waals surface area contributed by atoms with Gasteiger partial charge in [0, 0.05) is 26.6 Å². The zero-order chi connectivity index (χ0) is 19.8. The van der Waals surface area contributed by atoms with Crippen molar-refractivity contribution in [2.45, 2.75) is 58.3 Å². The molecule has 1 aromatic rings. The fourth-order valence-electron chi connectivity index (χ4n) is 4.36. The van der Waals surface area contributed by atoms with Gasteiger partial charge in [-0.25, -0.2) is 0 Å². The first-order chi connectivity index (χ1) is 13.6. The van der Waals surface area contributed by atoms with Gasteiger partial charge in [-0.05, 0) is 62.8 Å². The number of likely N-dealkylation sites (tertiary alicyclic amines) is 1. The van der Waals surface area contributed by atoms with Gasteiger partial charge < -0.3 is 9.80 Å². The summed E-state index contributed by atoms with van der Waals surface area (Å²) in [5.74, 6) is 0.753. The fourth-order valence-corrected chi connectivity index (χ4v) is 4.36. The molecule has 1 aliphatic carbocycles. The number of hydrogen-bond donors (Lipinski definition) is 0. The lowest BCUT2D eigenvalue weighted by atomic mass is 9.90. The molecule has 1 saturated heterocycles. The first-order valence-electron chi connectivity index (χ1n) is 10.9. The highest BCUT2D eigenvalue weighted by Crippen LogP contribution is 2.22. The zero-order valence-electron chi connectivity index (χ0n) is 17.2. The minimum atomic E-state index is 0.00345. The highest BCUT2D eigenvalue weighted by atomic mass is 16.2. The topological polar surface area (TPSA) is 40.6 Å². The van der Waals surface area contributed by atoms with Crippen LogP contribution in [-0.4, -0.2) is 47.8 Å². The summed E-state index contributed by atoms with van der Waals surface area (Å²) in [6.45, 7) is 4.10. The number of benzene rings is 1. The fraction of sp³-hybridized carbons (Fsp3) is 0.583. The first-order valence-corrected chi connectivity index (χ1v) is 10.9. The van der Waals surface area contributed by atoms with E-state index in [0.717, 1.165) is 51.6 Å². The Hall–Kier alpha value is -2.10. The molecule has 0 radical (unpaired) electrons. The maximum absolute atomic E-state index is 12.7. The Balaban J connectivity index is 1.44. The third-order valence-corrected chi connectivity index (χ3v) is 6.19. The van der Waals surface area contributed by atoms with Gasteiger partial charge >= 0.3 is 0 Å². The summed E-state index contributed by atoms with van der Waals surface area (Å²) in [5, 5.41) is 0. The van der Waals surface area contributed by atoms with Crippen molar-refractivity contribution in [2.24, 2.45) is 5.92 Å². The van der Waals surface area contributed by atoms with Crippen LogP contribution in [0.2, 0.25) is 0 Å². The second-order valence-corrected chi connectivity index (χ2v) is 8.31. The van der Waals surface area contributed by atoms with Crippen LogP contribution >= 0.6 is 0 Å². The molecule has 3 rings (SSSR count). The molecule has 0 N–H and O–H groups in total. The van der Waals surface area contributed by atoms with Crippen molar-refractivity contribution in [3.63, 3.8) is 0 Å². The molecule has 0 unspecified atom stereocenters. The molecule has 152 valence electrons. The zero-order valence-corrected chi connectivity index (χ0v) is 17.2. The molecule has 4 heteroatoms. The van der Waals surface area contributed by atoms with Gasteiger partial charge in [-0.3, -0.25) is 9.59 Å². The predicted octanol–water partition coefficient (Wildman–Crippen LogP) is 4.21. The molecule has 2 amide bonds. The molecule has 1 heterocycles. The van der Waals surface area contributed by atoms with Crippen molar-refractivity contribution >= 4 is 11.8 Å². The molecular formula is C24H34N2O2. The Labute approximate surface area is 169 Å². The Morgan fingerprint density at radius 3 is 2.50 bits per heavy atom. The minimum Gasteiger partial charge on any atom is -0.341 e. The number of rotatable bonds is 7. The second-order valence-electron chi connectivity index (χ2n) is 8.31. The summed E-state index contributed by atoms with van der Waals surface area (Å²) >= 11 is 0. The molecule has 0 atom stereocenters. The summed E-state index contributed by atoms with van der Waals surface area (Å²) in [7, 11) is 0. The van der Waals surface area contributed by atoms with Crippen LogP contribution in [0.3, 0.4) is 0 Å². The average Bonchev–Trinajstić information content (AvgIpc) is 2.73. The number of allylic oxidation sites excluding steroid dienone is 1. The average molecular weight is 383 g/mol. The standard InChI is InChI=1S/C24H34N2O2/c1-20(27)26(17-12-21-8-4-2-5-9-21)19-24(28)25-15-13-23(14-16-25)18-22-10-6-3-7-11-22/h3,6-8,10-11,23H,2,4-5,9,12-19H2,1H3. The van der Waals surface area contributed by atoms with E-state index in [4.69, 9.17) is 0 Å². The van der Waals surface area contributed by atoms with Gasteiger partial charge in [0.25, 0.3) is 0 Å². The van der Waals surface area contributed by atoms with Crippen LogP contribution in [0, 0.1) is 5.92 Å². The van der Waals surface area contributed by atoms with E-state index in [1.165, 1.54) is 24.0 Å². The maximum atomic E-state index is 12.7. The highest BCUT2D eigenvalue weighted by molar-refractivity contribution is 5.83.